The molecule has 1 saturated heterocycles. The van der Waals surface area contributed by atoms with Crippen molar-refractivity contribution in [1.82, 2.24) is 29.6 Å². The number of nitrogens with zero attached hydrogens (tertiary/aromatic N) is 4. The van der Waals surface area contributed by atoms with E-state index in [-0.39, 0.29) is 30.5 Å². The van der Waals surface area contributed by atoms with Crippen LogP contribution in [0.5, 0.6) is 0 Å². The second-order valence-corrected chi connectivity index (χ2v) is 8.16. The summed E-state index contributed by atoms with van der Waals surface area (Å²) in [6.45, 7) is 5.85. The molecule has 0 saturated carbocycles. The summed E-state index contributed by atoms with van der Waals surface area (Å²) in [6, 6.07) is 7.99. The number of aromatic amines is 2. The first-order chi connectivity index (χ1) is 14.4. The number of carbonyl (C=O) groups is 1. The molecule has 1 amide bonds. The minimum atomic E-state index is -0.654. The fourth-order valence-electron chi connectivity index (χ4n) is 4.15. The monoisotopic (exact) mass is 410 g/mol. The second-order valence-electron chi connectivity index (χ2n) is 8.16. The van der Waals surface area contributed by atoms with E-state index in [2.05, 4.69) is 39.7 Å². The van der Waals surface area contributed by atoms with Crippen LogP contribution >= 0.6 is 0 Å². The molecule has 1 aromatic carbocycles. The van der Waals surface area contributed by atoms with Crippen LogP contribution in [-0.2, 0) is 17.8 Å². The fraction of sp³-hybridized carbons (Fsp3) is 0.476. The fourth-order valence-corrected chi connectivity index (χ4v) is 4.15. The minimum Gasteiger partial charge on any atom is -0.332 e. The highest BCUT2D eigenvalue weighted by Gasteiger charge is 2.33. The van der Waals surface area contributed by atoms with Gasteiger partial charge in [-0.15, -0.1) is 0 Å². The first kappa shape index (κ1) is 20.1. The highest BCUT2D eigenvalue weighted by molar-refractivity contribution is 5.78. The van der Waals surface area contributed by atoms with Crippen LogP contribution in [0.2, 0.25) is 0 Å². The molecule has 158 valence electrons. The van der Waals surface area contributed by atoms with Gasteiger partial charge in [-0.25, -0.2) is 14.9 Å². The number of para-hydroxylation sites is 2. The van der Waals surface area contributed by atoms with Crippen molar-refractivity contribution in [3.8, 4) is 0 Å². The number of H-pyrrole nitrogens is 2. The van der Waals surface area contributed by atoms with E-state index >= 15 is 0 Å². The summed E-state index contributed by atoms with van der Waals surface area (Å²) in [4.78, 5) is 44.8. The van der Waals surface area contributed by atoms with E-state index in [0.717, 1.165) is 36.2 Å². The van der Waals surface area contributed by atoms with Crippen molar-refractivity contribution in [3.05, 3.63) is 56.6 Å². The number of hydrogen-bond donors (Lipinski definition) is 2. The third-order valence-corrected chi connectivity index (χ3v) is 5.46. The lowest BCUT2D eigenvalue weighted by Gasteiger charge is -2.25. The van der Waals surface area contributed by atoms with Gasteiger partial charge in [0.2, 0.25) is 5.91 Å². The van der Waals surface area contributed by atoms with Crippen molar-refractivity contribution in [2.45, 2.75) is 52.1 Å². The van der Waals surface area contributed by atoms with E-state index in [4.69, 9.17) is 4.98 Å². The minimum absolute atomic E-state index is 0.0342. The number of fused-ring (bicyclic) bond motifs is 1. The third kappa shape index (κ3) is 3.92. The Balaban J connectivity index is 1.58. The molecular formula is C21H26N6O3. The van der Waals surface area contributed by atoms with Crippen LogP contribution in [-0.4, -0.2) is 42.1 Å². The molecular weight excluding hydrogens is 384 g/mol. The summed E-state index contributed by atoms with van der Waals surface area (Å²) in [5, 5.41) is 5.97. The standard InChI is InChI=1S/C21H26N6O3/c1-13(2)12-27-16-7-4-3-6-14(16)22-19(27)17-8-5-11-26(17)18(28)10-9-15-20(29)23-21(30)25-24-15/h3-4,6-7,13,17H,5,8-12H2,1-2H3,(H2,23,25,29,30)/t17-/m1/s1. The molecule has 0 spiro atoms. The van der Waals surface area contributed by atoms with E-state index in [1.807, 2.05) is 23.1 Å². The second kappa shape index (κ2) is 8.25. The first-order valence-corrected chi connectivity index (χ1v) is 10.4. The smallest absolute Gasteiger partial charge is 0.332 e. The van der Waals surface area contributed by atoms with Crippen LogP contribution in [0.3, 0.4) is 0 Å². The van der Waals surface area contributed by atoms with Gasteiger partial charge in [0.15, 0.2) is 0 Å². The molecule has 0 bridgehead atoms. The molecule has 30 heavy (non-hydrogen) atoms. The molecule has 4 rings (SSSR count). The summed E-state index contributed by atoms with van der Waals surface area (Å²) >= 11 is 0. The Bertz CT molecular complexity index is 1180. The van der Waals surface area contributed by atoms with Crippen molar-refractivity contribution in [2.75, 3.05) is 6.54 Å². The average molecular weight is 410 g/mol. The molecule has 2 aromatic heterocycles. The zero-order valence-corrected chi connectivity index (χ0v) is 17.2. The molecule has 3 aromatic rings. The summed E-state index contributed by atoms with van der Waals surface area (Å²) < 4.78 is 2.24. The molecule has 0 radical (unpaired) electrons. The summed E-state index contributed by atoms with van der Waals surface area (Å²) in [7, 11) is 0. The Labute approximate surface area is 173 Å². The third-order valence-electron chi connectivity index (χ3n) is 5.46. The molecule has 2 N–H and O–H groups in total. The lowest BCUT2D eigenvalue weighted by molar-refractivity contribution is -0.132. The SMILES string of the molecule is CC(C)Cn1c([C@H]2CCCN2C(=O)CCc2n[nH]c(=O)[nH]c2=O)nc2ccccc21. The quantitative estimate of drug-likeness (QED) is 0.642. The Morgan fingerprint density at radius 2 is 2.07 bits per heavy atom. The van der Waals surface area contributed by atoms with Gasteiger partial charge >= 0.3 is 5.69 Å². The molecule has 0 aliphatic carbocycles. The summed E-state index contributed by atoms with van der Waals surface area (Å²) in [5.41, 5.74) is 0.980. The van der Waals surface area contributed by atoms with Gasteiger partial charge in [0.25, 0.3) is 5.56 Å². The zero-order chi connectivity index (χ0) is 21.3. The van der Waals surface area contributed by atoms with E-state index < -0.39 is 11.2 Å². The lowest BCUT2D eigenvalue weighted by atomic mass is 10.1. The normalized spacial score (nSPS) is 16.6. The summed E-state index contributed by atoms with van der Waals surface area (Å²) in [5.74, 6) is 1.34. The largest absolute Gasteiger partial charge is 0.342 e. The van der Waals surface area contributed by atoms with Gasteiger partial charge in [-0.3, -0.25) is 14.6 Å². The maximum Gasteiger partial charge on any atom is 0.342 e. The van der Waals surface area contributed by atoms with Gasteiger partial charge in [-0.2, -0.15) is 5.10 Å². The molecule has 1 aliphatic heterocycles. The van der Waals surface area contributed by atoms with Crippen LogP contribution in [0, 0.1) is 5.92 Å². The maximum absolute atomic E-state index is 13.0. The number of aryl methyl sites for hydroxylation is 1. The van der Waals surface area contributed by atoms with Crippen LogP contribution in [0.1, 0.15) is 50.7 Å². The number of aromatic nitrogens is 5. The zero-order valence-electron chi connectivity index (χ0n) is 17.2. The number of amides is 1. The predicted octanol–water partition coefficient (Wildman–Crippen LogP) is 1.76. The predicted molar refractivity (Wildman–Crippen MR) is 112 cm³/mol. The number of imidazole rings is 1. The van der Waals surface area contributed by atoms with E-state index in [9.17, 15) is 14.4 Å². The molecule has 0 unspecified atom stereocenters. The molecule has 1 fully saturated rings. The average Bonchev–Trinajstić information content (AvgIpc) is 3.32. The summed E-state index contributed by atoms with van der Waals surface area (Å²) in [6.07, 6.45) is 2.11. The first-order valence-electron chi connectivity index (χ1n) is 10.4. The number of hydrogen-bond acceptors (Lipinski definition) is 5. The van der Waals surface area contributed by atoms with Crippen molar-refractivity contribution in [1.29, 1.82) is 0 Å². The van der Waals surface area contributed by atoms with Gasteiger partial charge < -0.3 is 9.47 Å². The number of nitrogens with one attached hydrogen (secondary N) is 2. The Hall–Kier alpha value is -3.23. The highest BCUT2D eigenvalue weighted by Crippen LogP contribution is 2.34. The Kier molecular flexibility index (Phi) is 5.52. The van der Waals surface area contributed by atoms with E-state index in [1.54, 1.807) is 0 Å². The molecule has 9 heteroatoms. The molecule has 1 atom stereocenters. The van der Waals surface area contributed by atoms with Crippen molar-refractivity contribution >= 4 is 16.9 Å². The van der Waals surface area contributed by atoms with Gasteiger partial charge in [0, 0.05) is 25.9 Å². The van der Waals surface area contributed by atoms with E-state index in [0.29, 0.717) is 12.5 Å². The Morgan fingerprint density at radius 1 is 1.27 bits per heavy atom. The number of carbonyl (C=O) groups excluding carboxylic acids is 1. The van der Waals surface area contributed by atoms with Crippen molar-refractivity contribution in [2.24, 2.45) is 5.92 Å². The van der Waals surface area contributed by atoms with Crippen LogP contribution in [0.4, 0.5) is 0 Å². The molecule has 9 nitrogen and oxygen atoms in total. The van der Waals surface area contributed by atoms with Crippen molar-refractivity contribution in [3.63, 3.8) is 0 Å². The number of benzene rings is 1. The maximum atomic E-state index is 13.0. The Morgan fingerprint density at radius 3 is 2.83 bits per heavy atom. The van der Waals surface area contributed by atoms with Crippen molar-refractivity contribution < 1.29 is 4.79 Å². The van der Waals surface area contributed by atoms with E-state index in [1.165, 1.54) is 0 Å². The molecule has 1 aliphatic rings. The number of rotatable bonds is 6. The van der Waals surface area contributed by atoms with Gasteiger partial charge in [0.05, 0.1) is 17.1 Å². The van der Waals surface area contributed by atoms with Crippen LogP contribution in [0.25, 0.3) is 11.0 Å². The van der Waals surface area contributed by atoms with Crippen LogP contribution in [0.15, 0.2) is 33.9 Å². The van der Waals surface area contributed by atoms with Crippen LogP contribution < -0.4 is 11.2 Å². The lowest BCUT2D eigenvalue weighted by Crippen LogP contribution is -2.33. The highest BCUT2D eigenvalue weighted by atomic mass is 16.2. The number of likely N-dealkylation sites (tertiary alicyclic amines) is 1. The van der Waals surface area contributed by atoms with Gasteiger partial charge in [-0.05, 0) is 30.9 Å². The molecule has 3 heterocycles. The van der Waals surface area contributed by atoms with Gasteiger partial charge in [-0.1, -0.05) is 26.0 Å². The topological polar surface area (TPSA) is 117 Å². The van der Waals surface area contributed by atoms with Gasteiger partial charge in [0.1, 0.15) is 11.5 Å².